The van der Waals surface area contributed by atoms with E-state index in [1.807, 2.05) is 18.5 Å². The predicted octanol–water partition coefficient (Wildman–Crippen LogP) is 6.23. The predicted molar refractivity (Wildman–Crippen MR) is 119 cm³/mol. The van der Waals surface area contributed by atoms with Gasteiger partial charge < -0.3 is 9.30 Å². The zero-order valence-electron chi connectivity index (χ0n) is 17.0. The summed E-state index contributed by atoms with van der Waals surface area (Å²) in [6, 6.07) is 27.4. The Hall–Kier alpha value is -3.33. The van der Waals surface area contributed by atoms with Gasteiger partial charge in [-0.1, -0.05) is 61.9 Å². The first-order valence-corrected chi connectivity index (χ1v) is 10.1. The summed E-state index contributed by atoms with van der Waals surface area (Å²) in [6.45, 7) is 3.03. The van der Waals surface area contributed by atoms with Gasteiger partial charge in [-0.05, 0) is 53.4 Å². The maximum Gasteiger partial charge on any atom is 0.118 e. The monoisotopic (exact) mass is 382 g/mol. The lowest BCUT2D eigenvalue weighted by atomic mass is 10.0. The maximum atomic E-state index is 5.29. The van der Waals surface area contributed by atoms with E-state index in [0.29, 0.717) is 0 Å². The van der Waals surface area contributed by atoms with Gasteiger partial charge in [-0.25, -0.2) is 4.98 Å². The van der Waals surface area contributed by atoms with E-state index in [9.17, 15) is 0 Å². The summed E-state index contributed by atoms with van der Waals surface area (Å²) in [5, 5.41) is 0. The Balaban J connectivity index is 1.64. The van der Waals surface area contributed by atoms with E-state index in [2.05, 4.69) is 78.2 Å². The van der Waals surface area contributed by atoms with Gasteiger partial charge in [0.15, 0.2) is 0 Å². The molecule has 3 heteroatoms. The lowest BCUT2D eigenvalue weighted by Crippen LogP contribution is -2.04. The number of aromatic nitrogens is 2. The van der Waals surface area contributed by atoms with Gasteiger partial charge in [0.1, 0.15) is 5.75 Å². The Kier molecular flexibility index (Phi) is 5.76. The van der Waals surface area contributed by atoms with E-state index in [1.54, 1.807) is 7.11 Å². The largest absolute Gasteiger partial charge is 0.497 e. The molecule has 29 heavy (non-hydrogen) atoms. The highest BCUT2D eigenvalue weighted by molar-refractivity contribution is 5.65. The summed E-state index contributed by atoms with van der Waals surface area (Å²) in [6.07, 6.45) is 4.05. The summed E-state index contributed by atoms with van der Waals surface area (Å²) >= 11 is 0. The molecule has 0 bridgehead atoms. The van der Waals surface area contributed by atoms with E-state index in [1.165, 1.54) is 22.4 Å². The van der Waals surface area contributed by atoms with Crippen LogP contribution in [-0.2, 0) is 13.0 Å². The summed E-state index contributed by atoms with van der Waals surface area (Å²) < 4.78 is 7.57. The van der Waals surface area contributed by atoms with Crippen LogP contribution in [0.25, 0.3) is 22.4 Å². The molecular formula is C26H26N2O. The Morgan fingerprint density at radius 2 is 1.59 bits per heavy atom. The van der Waals surface area contributed by atoms with Crippen LogP contribution in [0.2, 0.25) is 0 Å². The van der Waals surface area contributed by atoms with Crippen molar-refractivity contribution in [3.8, 4) is 28.1 Å². The number of imidazole rings is 1. The number of hydrogen-bond donors (Lipinski definition) is 0. The second-order valence-corrected chi connectivity index (χ2v) is 7.21. The molecule has 0 aliphatic rings. The van der Waals surface area contributed by atoms with Crippen molar-refractivity contribution in [2.75, 3.05) is 7.11 Å². The summed E-state index contributed by atoms with van der Waals surface area (Å²) in [5.41, 5.74) is 7.24. The number of methoxy groups -OCH3 is 1. The minimum absolute atomic E-state index is 0.819. The number of rotatable bonds is 7. The lowest BCUT2D eigenvalue weighted by molar-refractivity contribution is 0.415. The van der Waals surface area contributed by atoms with Crippen molar-refractivity contribution in [2.45, 2.75) is 26.3 Å². The number of benzene rings is 3. The van der Waals surface area contributed by atoms with Gasteiger partial charge in [0.05, 0.1) is 19.1 Å². The maximum absolute atomic E-state index is 5.29. The standard InChI is InChI=1S/C26H26N2O/c1-3-8-25-26(22-13-15-24(29-2)16-14-22)27-19-28(25)18-20-9-7-12-23(17-20)21-10-5-4-6-11-21/h4-7,9-17,19H,3,8,18H2,1-2H3. The fourth-order valence-electron chi connectivity index (χ4n) is 3.71. The number of nitrogens with zero attached hydrogens (tertiary/aromatic N) is 2. The van der Waals surface area contributed by atoms with Crippen molar-refractivity contribution >= 4 is 0 Å². The Morgan fingerprint density at radius 3 is 2.31 bits per heavy atom. The van der Waals surface area contributed by atoms with E-state index in [0.717, 1.165) is 36.4 Å². The quantitative estimate of drug-likeness (QED) is 0.379. The van der Waals surface area contributed by atoms with E-state index < -0.39 is 0 Å². The van der Waals surface area contributed by atoms with Crippen molar-refractivity contribution < 1.29 is 4.74 Å². The van der Waals surface area contributed by atoms with Crippen molar-refractivity contribution in [1.82, 2.24) is 9.55 Å². The Labute approximate surface area is 172 Å². The number of hydrogen-bond acceptors (Lipinski definition) is 2. The fourth-order valence-corrected chi connectivity index (χ4v) is 3.71. The first-order valence-electron chi connectivity index (χ1n) is 10.1. The first kappa shape index (κ1) is 19.0. The SMILES string of the molecule is CCCc1c(-c2ccc(OC)cc2)ncn1Cc1cccc(-c2ccccc2)c1. The topological polar surface area (TPSA) is 27.1 Å². The molecule has 0 aliphatic heterocycles. The number of ether oxygens (including phenoxy) is 1. The average Bonchev–Trinajstić information content (AvgIpc) is 3.17. The molecule has 0 spiro atoms. The molecule has 4 rings (SSSR count). The van der Waals surface area contributed by atoms with Crippen molar-refractivity contribution in [2.24, 2.45) is 0 Å². The molecule has 0 fully saturated rings. The van der Waals surface area contributed by atoms with Gasteiger partial charge in [-0.2, -0.15) is 0 Å². The molecule has 0 N–H and O–H groups in total. The van der Waals surface area contributed by atoms with Gasteiger partial charge in [-0.3, -0.25) is 0 Å². The van der Waals surface area contributed by atoms with Crippen LogP contribution >= 0.6 is 0 Å². The molecule has 0 aliphatic carbocycles. The van der Waals surface area contributed by atoms with Crippen molar-refractivity contribution in [1.29, 1.82) is 0 Å². The Bertz CT molecular complexity index is 1070. The van der Waals surface area contributed by atoms with Crippen LogP contribution in [0.15, 0.2) is 85.2 Å². The van der Waals surface area contributed by atoms with Crippen LogP contribution in [0.5, 0.6) is 5.75 Å². The minimum Gasteiger partial charge on any atom is -0.497 e. The van der Waals surface area contributed by atoms with Crippen LogP contribution in [-0.4, -0.2) is 16.7 Å². The highest BCUT2D eigenvalue weighted by atomic mass is 16.5. The molecule has 0 unspecified atom stereocenters. The van der Waals surface area contributed by atoms with Gasteiger partial charge in [0.25, 0.3) is 0 Å². The van der Waals surface area contributed by atoms with Gasteiger partial charge in [-0.15, -0.1) is 0 Å². The third-order valence-electron chi connectivity index (χ3n) is 5.18. The molecule has 0 saturated heterocycles. The zero-order chi connectivity index (χ0) is 20.1. The fraction of sp³-hybridized carbons (Fsp3) is 0.192. The van der Waals surface area contributed by atoms with Crippen LogP contribution in [0.3, 0.4) is 0 Å². The molecule has 0 amide bonds. The molecule has 3 nitrogen and oxygen atoms in total. The van der Waals surface area contributed by atoms with E-state index >= 15 is 0 Å². The molecule has 0 saturated carbocycles. The van der Waals surface area contributed by atoms with Gasteiger partial charge in [0.2, 0.25) is 0 Å². The second-order valence-electron chi connectivity index (χ2n) is 7.21. The van der Waals surface area contributed by atoms with Crippen LogP contribution in [0.1, 0.15) is 24.6 Å². The smallest absolute Gasteiger partial charge is 0.118 e. The molecule has 1 heterocycles. The molecule has 3 aromatic carbocycles. The highest BCUT2D eigenvalue weighted by Gasteiger charge is 2.13. The van der Waals surface area contributed by atoms with Crippen LogP contribution in [0.4, 0.5) is 0 Å². The Morgan fingerprint density at radius 1 is 0.828 bits per heavy atom. The van der Waals surface area contributed by atoms with Crippen molar-refractivity contribution in [3.63, 3.8) is 0 Å². The summed E-state index contributed by atoms with van der Waals surface area (Å²) in [7, 11) is 1.69. The molecule has 0 radical (unpaired) electrons. The normalized spacial score (nSPS) is 10.8. The molecule has 4 aromatic rings. The third-order valence-corrected chi connectivity index (χ3v) is 5.18. The van der Waals surface area contributed by atoms with Gasteiger partial charge in [0, 0.05) is 17.8 Å². The van der Waals surface area contributed by atoms with Gasteiger partial charge >= 0.3 is 0 Å². The highest BCUT2D eigenvalue weighted by Crippen LogP contribution is 2.27. The average molecular weight is 383 g/mol. The summed E-state index contributed by atoms with van der Waals surface area (Å²) in [4.78, 5) is 4.76. The first-order chi connectivity index (χ1) is 14.3. The summed E-state index contributed by atoms with van der Waals surface area (Å²) in [5.74, 6) is 0.864. The minimum atomic E-state index is 0.819. The van der Waals surface area contributed by atoms with Crippen molar-refractivity contribution in [3.05, 3.63) is 96.4 Å². The lowest BCUT2D eigenvalue weighted by Gasteiger charge is -2.11. The third kappa shape index (κ3) is 4.24. The molecular weight excluding hydrogens is 356 g/mol. The van der Waals surface area contributed by atoms with E-state index in [4.69, 9.17) is 9.72 Å². The molecule has 0 atom stereocenters. The second kappa shape index (κ2) is 8.78. The van der Waals surface area contributed by atoms with Crippen LogP contribution in [0, 0.1) is 0 Å². The molecule has 1 aromatic heterocycles. The zero-order valence-corrected chi connectivity index (χ0v) is 17.0. The van der Waals surface area contributed by atoms with E-state index in [-0.39, 0.29) is 0 Å². The van der Waals surface area contributed by atoms with Crippen LogP contribution < -0.4 is 4.74 Å². The molecule has 146 valence electrons.